The van der Waals surface area contributed by atoms with Gasteiger partial charge in [-0.1, -0.05) is 0 Å². The summed E-state index contributed by atoms with van der Waals surface area (Å²) < 4.78 is 1.66. The summed E-state index contributed by atoms with van der Waals surface area (Å²) in [5.41, 5.74) is 1.08. The van der Waals surface area contributed by atoms with Crippen LogP contribution in [0.15, 0.2) is 16.9 Å². The molecule has 2 rings (SSSR count). The smallest absolute Gasteiger partial charge is 0.278 e. The summed E-state index contributed by atoms with van der Waals surface area (Å²) in [4.78, 5) is 12.0. The Morgan fingerprint density at radius 1 is 1.47 bits per heavy atom. The molecule has 1 aliphatic heterocycles. The average Bonchev–Trinajstić information content (AvgIpc) is 2.39. The largest absolute Gasteiger partial charge is 0.317 e. The first kappa shape index (κ1) is 12.2. The van der Waals surface area contributed by atoms with E-state index in [1.165, 1.54) is 11.9 Å². The fourth-order valence-electron chi connectivity index (χ4n) is 2.23. The summed E-state index contributed by atoms with van der Waals surface area (Å²) >= 11 is 1.38. The molecule has 1 aliphatic rings. The van der Waals surface area contributed by atoms with Gasteiger partial charge in [0, 0.05) is 17.9 Å². The summed E-state index contributed by atoms with van der Waals surface area (Å²) in [6, 6.07) is 5.51. The molecule has 1 fully saturated rings. The molecule has 4 nitrogen and oxygen atoms in total. The lowest BCUT2D eigenvalue weighted by molar-refractivity contribution is 0.450. The number of nitrogens with one attached hydrogen (secondary N) is 1. The summed E-state index contributed by atoms with van der Waals surface area (Å²) in [6.07, 6.45) is 3.96. The molecule has 0 bridgehead atoms. The van der Waals surface area contributed by atoms with Crippen molar-refractivity contribution in [1.82, 2.24) is 9.29 Å². The molecule has 90 valence electrons. The fraction of sp³-hybridized carbons (Fsp3) is 0.500. The molecule has 1 aromatic heterocycles. The van der Waals surface area contributed by atoms with Crippen molar-refractivity contribution in [2.75, 3.05) is 19.3 Å². The monoisotopic (exact) mass is 249 g/mol. The molecule has 0 aromatic carbocycles. The van der Waals surface area contributed by atoms with Gasteiger partial charge in [0.25, 0.3) is 5.56 Å². The molecule has 2 heterocycles. The van der Waals surface area contributed by atoms with Gasteiger partial charge in [-0.25, -0.2) is 0 Å². The molecule has 1 N–H and O–H groups in total. The van der Waals surface area contributed by atoms with Crippen LogP contribution in [0.25, 0.3) is 0 Å². The Morgan fingerprint density at radius 3 is 2.76 bits per heavy atom. The fourth-order valence-corrected chi connectivity index (χ4v) is 2.91. The van der Waals surface area contributed by atoms with Crippen molar-refractivity contribution in [3.05, 3.63) is 33.7 Å². The number of piperidine rings is 1. The van der Waals surface area contributed by atoms with Crippen LogP contribution in [0.5, 0.6) is 0 Å². The van der Waals surface area contributed by atoms with Crippen LogP contribution >= 0.6 is 11.9 Å². The van der Waals surface area contributed by atoms with Crippen molar-refractivity contribution in [3.8, 4) is 6.07 Å². The number of aromatic nitrogens is 1. The van der Waals surface area contributed by atoms with E-state index in [4.69, 9.17) is 5.26 Å². The van der Waals surface area contributed by atoms with Gasteiger partial charge in [0.1, 0.15) is 11.6 Å². The van der Waals surface area contributed by atoms with Gasteiger partial charge >= 0.3 is 0 Å². The van der Waals surface area contributed by atoms with Gasteiger partial charge in [-0.15, -0.1) is 0 Å². The van der Waals surface area contributed by atoms with E-state index < -0.39 is 0 Å². The second-order valence-corrected chi connectivity index (χ2v) is 4.82. The van der Waals surface area contributed by atoms with Gasteiger partial charge in [0.05, 0.1) is 0 Å². The van der Waals surface area contributed by atoms with Crippen molar-refractivity contribution in [3.63, 3.8) is 0 Å². The third-order valence-electron chi connectivity index (χ3n) is 3.13. The third kappa shape index (κ3) is 2.38. The quantitative estimate of drug-likeness (QED) is 0.858. The SMILES string of the molecule is CSn1c(C2CCNCC2)ccc(C#N)c1=O. The Balaban J connectivity index is 2.44. The number of nitriles is 1. The molecule has 0 amide bonds. The van der Waals surface area contributed by atoms with Gasteiger partial charge in [-0.05, 0) is 50.0 Å². The zero-order valence-corrected chi connectivity index (χ0v) is 10.6. The Morgan fingerprint density at radius 2 is 2.18 bits per heavy atom. The van der Waals surface area contributed by atoms with E-state index in [0.717, 1.165) is 31.6 Å². The van der Waals surface area contributed by atoms with E-state index in [1.54, 1.807) is 10.0 Å². The van der Waals surface area contributed by atoms with Crippen LogP contribution in [0.2, 0.25) is 0 Å². The summed E-state index contributed by atoms with van der Waals surface area (Å²) in [6.45, 7) is 1.99. The normalized spacial score (nSPS) is 16.7. The number of hydrogen-bond acceptors (Lipinski definition) is 4. The highest BCUT2D eigenvalue weighted by molar-refractivity contribution is 7.97. The Bertz CT molecular complexity index is 497. The van der Waals surface area contributed by atoms with Crippen molar-refractivity contribution in [1.29, 1.82) is 5.26 Å². The first-order valence-electron chi connectivity index (χ1n) is 5.69. The second-order valence-electron chi connectivity index (χ2n) is 4.09. The van der Waals surface area contributed by atoms with E-state index in [1.807, 2.05) is 18.4 Å². The molecular formula is C12H15N3OS. The number of rotatable bonds is 2. The number of pyridine rings is 1. The molecule has 0 saturated carbocycles. The molecular weight excluding hydrogens is 234 g/mol. The van der Waals surface area contributed by atoms with Crippen LogP contribution in [0.1, 0.15) is 30.0 Å². The van der Waals surface area contributed by atoms with Crippen molar-refractivity contribution in [2.24, 2.45) is 0 Å². The van der Waals surface area contributed by atoms with Crippen molar-refractivity contribution < 1.29 is 0 Å². The van der Waals surface area contributed by atoms with Crippen molar-refractivity contribution in [2.45, 2.75) is 18.8 Å². The van der Waals surface area contributed by atoms with E-state index in [-0.39, 0.29) is 11.1 Å². The third-order valence-corrected chi connectivity index (χ3v) is 3.87. The van der Waals surface area contributed by atoms with Crippen molar-refractivity contribution >= 4 is 11.9 Å². The lowest BCUT2D eigenvalue weighted by Gasteiger charge is -2.24. The average molecular weight is 249 g/mol. The second kappa shape index (κ2) is 5.39. The van der Waals surface area contributed by atoms with Crippen LogP contribution in [-0.2, 0) is 0 Å². The highest BCUT2D eigenvalue weighted by atomic mass is 32.2. The molecule has 0 unspecified atom stereocenters. The van der Waals surface area contributed by atoms with E-state index in [9.17, 15) is 4.79 Å². The highest BCUT2D eigenvalue weighted by Crippen LogP contribution is 2.25. The minimum atomic E-state index is -0.184. The minimum Gasteiger partial charge on any atom is -0.317 e. The maximum absolute atomic E-state index is 12.0. The predicted octanol–water partition coefficient (Wildman–Crippen LogP) is 1.31. The van der Waals surface area contributed by atoms with Crippen LogP contribution in [0.4, 0.5) is 0 Å². The summed E-state index contributed by atoms with van der Waals surface area (Å²) in [5.74, 6) is 0.421. The van der Waals surface area contributed by atoms with E-state index in [2.05, 4.69) is 5.32 Å². The zero-order chi connectivity index (χ0) is 12.3. The van der Waals surface area contributed by atoms with Gasteiger partial charge in [0.2, 0.25) is 0 Å². The van der Waals surface area contributed by atoms with Gasteiger partial charge in [-0.3, -0.25) is 8.77 Å². The maximum atomic E-state index is 12.0. The van der Waals surface area contributed by atoms with Gasteiger partial charge in [0.15, 0.2) is 0 Å². The molecule has 1 saturated heterocycles. The number of nitrogens with zero attached hydrogens (tertiary/aromatic N) is 2. The maximum Gasteiger partial charge on any atom is 0.278 e. The van der Waals surface area contributed by atoms with Crippen LogP contribution in [-0.4, -0.2) is 23.3 Å². The molecule has 0 aliphatic carbocycles. The van der Waals surface area contributed by atoms with Crippen LogP contribution in [0.3, 0.4) is 0 Å². The Hall–Kier alpha value is -1.25. The van der Waals surface area contributed by atoms with E-state index >= 15 is 0 Å². The lowest BCUT2D eigenvalue weighted by Crippen LogP contribution is -2.30. The molecule has 1 aromatic rings. The summed E-state index contributed by atoms with van der Waals surface area (Å²) in [7, 11) is 0. The topological polar surface area (TPSA) is 57.8 Å². The lowest BCUT2D eigenvalue weighted by atomic mass is 9.94. The Labute approximate surface area is 105 Å². The number of hydrogen-bond donors (Lipinski definition) is 1. The highest BCUT2D eigenvalue weighted by Gasteiger charge is 2.19. The zero-order valence-electron chi connectivity index (χ0n) is 9.77. The molecule has 0 atom stereocenters. The van der Waals surface area contributed by atoms with E-state index in [0.29, 0.717) is 5.92 Å². The first-order valence-corrected chi connectivity index (χ1v) is 6.87. The molecule has 5 heteroatoms. The van der Waals surface area contributed by atoms with Crippen LogP contribution in [0, 0.1) is 11.3 Å². The molecule has 0 spiro atoms. The van der Waals surface area contributed by atoms with Gasteiger partial charge < -0.3 is 5.32 Å². The molecule has 0 radical (unpaired) electrons. The predicted molar refractivity (Wildman–Crippen MR) is 69.2 cm³/mol. The summed E-state index contributed by atoms with van der Waals surface area (Å²) in [5, 5.41) is 12.2. The molecule has 17 heavy (non-hydrogen) atoms. The van der Waals surface area contributed by atoms with Gasteiger partial charge in [-0.2, -0.15) is 5.26 Å². The standard InChI is InChI=1S/C12H15N3OS/c1-17-15-11(9-4-6-14-7-5-9)3-2-10(8-13)12(15)16/h2-3,9,14H,4-7H2,1H3. The van der Waals surface area contributed by atoms with Crippen LogP contribution < -0.4 is 10.9 Å². The Kier molecular flexibility index (Phi) is 3.87. The minimum absolute atomic E-state index is 0.184. The first-order chi connectivity index (χ1) is 8.27.